The Morgan fingerprint density at radius 2 is 2.14 bits per heavy atom. The zero-order chi connectivity index (χ0) is 5.54. The van der Waals surface area contributed by atoms with Crippen LogP contribution in [-0.4, -0.2) is 27.7 Å². The molecular weight excluding hydrogens is 193 g/mol. The van der Waals surface area contributed by atoms with E-state index in [9.17, 15) is 0 Å². The number of rotatable bonds is 4. The van der Waals surface area contributed by atoms with Gasteiger partial charge in [-0.2, -0.15) is 0 Å². The van der Waals surface area contributed by atoms with E-state index in [1.807, 2.05) is 0 Å². The summed E-state index contributed by atoms with van der Waals surface area (Å²) in [6.07, 6.45) is 2.63. The fourth-order valence-electron chi connectivity index (χ4n) is 0.446. The molecule has 2 N–H and O–H groups in total. The van der Waals surface area contributed by atoms with Gasteiger partial charge in [0, 0.05) is 0 Å². The third-order valence-corrected chi connectivity index (χ3v) is 3.32. The Morgan fingerprint density at radius 1 is 1.43 bits per heavy atom. The van der Waals surface area contributed by atoms with E-state index in [4.69, 9.17) is 5.73 Å². The van der Waals surface area contributed by atoms with Gasteiger partial charge in [0.2, 0.25) is 0 Å². The molecule has 0 aromatic heterocycles. The molecule has 0 aliphatic carbocycles. The number of hydrogen-bond donors (Lipinski definition) is 1. The van der Waals surface area contributed by atoms with Crippen LogP contribution >= 0.6 is 0 Å². The first kappa shape index (κ1) is 7.76. The monoisotopic (exact) mass is 207 g/mol. The van der Waals surface area contributed by atoms with Crippen molar-refractivity contribution in [3.05, 3.63) is 0 Å². The summed E-state index contributed by atoms with van der Waals surface area (Å²) in [5, 5.41) is 0. The molecule has 40 valence electrons. The molecule has 0 saturated heterocycles. The van der Waals surface area contributed by atoms with Crippen molar-refractivity contribution in [2.45, 2.75) is 22.2 Å². The fourth-order valence-corrected chi connectivity index (χ4v) is 2.17. The van der Waals surface area contributed by atoms with Crippen molar-refractivity contribution in [2.75, 3.05) is 6.54 Å². The Morgan fingerprint density at radius 3 is 2.57 bits per heavy atom. The predicted octanol–water partition coefficient (Wildman–Crippen LogP) is 0.896. The summed E-state index contributed by atoms with van der Waals surface area (Å²) in [6, 6.07) is 0. The molecule has 0 spiro atoms. The summed E-state index contributed by atoms with van der Waals surface area (Å²) in [5.74, 6) is 0. The molecule has 0 aliphatic rings. The number of unbranched alkanes of at least 4 members (excludes halogenated alkanes) is 1. The maximum absolute atomic E-state index is 5.29. The average Bonchev–Trinajstić information content (AvgIpc) is 1.69. The van der Waals surface area contributed by atoms with Gasteiger partial charge in [-0.3, -0.25) is 0 Å². The predicted molar refractivity (Wildman–Crippen MR) is 34.7 cm³/mol. The molecule has 2 heteroatoms. The molecule has 0 aliphatic heterocycles. The van der Waals surface area contributed by atoms with Gasteiger partial charge in [-0.25, -0.2) is 0 Å². The molecule has 0 bridgehead atoms. The minimum atomic E-state index is 0.121. The van der Waals surface area contributed by atoms with Crippen LogP contribution in [0.5, 0.6) is 0 Å². The topological polar surface area (TPSA) is 26.0 Å². The second-order valence-electron chi connectivity index (χ2n) is 1.60. The summed E-state index contributed by atoms with van der Waals surface area (Å²) in [6.45, 7) is 0.888. The molecule has 0 saturated carbocycles. The molecule has 0 aromatic carbocycles. The normalized spacial score (nSPS) is 8.29. The summed E-state index contributed by atoms with van der Waals surface area (Å²) >= 11 is 0.121. The van der Waals surface area contributed by atoms with E-state index < -0.39 is 0 Å². The Kier molecular flexibility index (Phi) is 7.49. The molecule has 0 heterocycles. The van der Waals surface area contributed by atoms with E-state index in [1.165, 1.54) is 17.3 Å². The molecule has 0 amide bonds. The third kappa shape index (κ3) is 6.76. The van der Waals surface area contributed by atoms with Crippen molar-refractivity contribution in [2.24, 2.45) is 5.73 Å². The average molecular weight is 206 g/mol. The first-order valence-electron chi connectivity index (χ1n) is 2.76. The van der Waals surface area contributed by atoms with Gasteiger partial charge in [0.15, 0.2) is 0 Å². The van der Waals surface area contributed by atoms with E-state index in [0.29, 0.717) is 0 Å². The molecule has 1 nitrogen and oxygen atoms in total. The first-order chi connectivity index (χ1) is 3.41. The van der Waals surface area contributed by atoms with Gasteiger partial charge in [0.05, 0.1) is 0 Å². The number of hydrogen-bond acceptors (Lipinski definition) is 1. The summed E-state index contributed by atoms with van der Waals surface area (Å²) in [7, 11) is 0. The van der Waals surface area contributed by atoms with E-state index in [1.54, 1.807) is 0 Å². The third-order valence-electron chi connectivity index (χ3n) is 0.881. The van der Waals surface area contributed by atoms with Gasteiger partial charge in [-0.15, -0.1) is 0 Å². The molecule has 0 atom stereocenters. The SMILES string of the molecule is [CH3][Sn+2][CH2]CCCN. The molecule has 0 radical (unpaired) electrons. The molecular formula is C5H13NSn+2. The van der Waals surface area contributed by atoms with Crippen molar-refractivity contribution in [3.63, 3.8) is 0 Å². The van der Waals surface area contributed by atoms with Crippen LogP contribution in [0.1, 0.15) is 12.8 Å². The van der Waals surface area contributed by atoms with Gasteiger partial charge >= 0.3 is 55.6 Å². The molecule has 0 fully saturated rings. The maximum atomic E-state index is 5.29. The van der Waals surface area contributed by atoms with E-state index >= 15 is 0 Å². The van der Waals surface area contributed by atoms with Gasteiger partial charge in [-0.05, 0) is 0 Å². The van der Waals surface area contributed by atoms with Crippen molar-refractivity contribution < 1.29 is 0 Å². The van der Waals surface area contributed by atoms with E-state index in [0.717, 1.165) is 6.54 Å². The van der Waals surface area contributed by atoms with Crippen LogP contribution in [0.15, 0.2) is 0 Å². The van der Waals surface area contributed by atoms with Crippen LogP contribution < -0.4 is 5.73 Å². The van der Waals surface area contributed by atoms with Crippen LogP contribution in [0.3, 0.4) is 0 Å². The molecule has 0 aromatic rings. The zero-order valence-corrected chi connectivity index (χ0v) is 7.76. The summed E-state index contributed by atoms with van der Waals surface area (Å²) < 4.78 is 1.51. The van der Waals surface area contributed by atoms with Crippen molar-refractivity contribution in [3.8, 4) is 0 Å². The van der Waals surface area contributed by atoms with Gasteiger partial charge < -0.3 is 0 Å². The van der Waals surface area contributed by atoms with Gasteiger partial charge in [-0.1, -0.05) is 0 Å². The summed E-state index contributed by atoms with van der Waals surface area (Å²) in [4.78, 5) is 2.37. The first-order valence-corrected chi connectivity index (χ1v) is 7.63. The van der Waals surface area contributed by atoms with Gasteiger partial charge in [0.1, 0.15) is 0 Å². The van der Waals surface area contributed by atoms with E-state index in [2.05, 4.69) is 4.94 Å². The molecule has 0 rings (SSSR count). The van der Waals surface area contributed by atoms with Crippen LogP contribution in [0.25, 0.3) is 0 Å². The second kappa shape index (κ2) is 6.76. The Balaban J connectivity index is 2.45. The Labute approximate surface area is 55.9 Å². The van der Waals surface area contributed by atoms with Crippen LogP contribution in [0.4, 0.5) is 0 Å². The van der Waals surface area contributed by atoms with Gasteiger partial charge in [0.25, 0.3) is 0 Å². The molecule has 0 unspecified atom stereocenters. The van der Waals surface area contributed by atoms with Crippen molar-refractivity contribution in [1.29, 1.82) is 0 Å². The standard InChI is InChI=1S/C4H10N.CH3.Sn/c1-2-3-4-5;;/h1-5H2;1H3;/q;;+2. The van der Waals surface area contributed by atoms with E-state index in [-0.39, 0.29) is 21.1 Å². The van der Waals surface area contributed by atoms with Crippen LogP contribution in [0.2, 0.25) is 9.38 Å². The minimum absolute atomic E-state index is 0.121. The summed E-state index contributed by atoms with van der Waals surface area (Å²) in [5.41, 5.74) is 5.29. The zero-order valence-electron chi connectivity index (χ0n) is 4.91. The van der Waals surface area contributed by atoms with Crippen LogP contribution in [0, 0.1) is 0 Å². The van der Waals surface area contributed by atoms with Crippen LogP contribution in [-0.2, 0) is 0 Å². The van der Waals surface area contributed by atoms with Crippen molar-refractivity contribution in [1.82, 2.24) is 0 Å². The molecule has 7 heavy (non-hydrogen) atoms. The van der Waals surface area contributed by atoms with Crippen molar-refractivity contribution >= 4 is 21.1 Å². The quantitative estimate of drug-likeness (QED) is 0.536. The fraction of sp³-hybridized carbons (Fsp3) is 1.00. The second-order valence-corrected chi connectivity index (χ2v) is 5.04. The Hall–Kier alpha value is 0.759. The number of nitrogens with two attached hydrogens (primary N) is 1. The Bertz CT molecular complexity index is 27.3.